The molecule has 0 radical (unpaired) electrons. The van der Waals surface area contributed by atoms with E-state index in [0.29, 0.717) is 25.2 Å². The van der Waals surface area contributed by atoms with Crippen LogP contribution in [0, 0.1) is 11.6 Å². The fraction of sp³-hybridized carbons (Fsp3) is 0.412. The number of carbonyl (C=O) groups is 1. The molecule has 2 saturated heterocycles. The summed E-state index contributed by atoms with van der Waals surface area (Å²) in [4.78, 5) is 17.5. The summed E-state index contributed by atoms with van der Waals surface area (Å²) in [6, 6.07) is 3.80. The highest BCUT2D eigenvalue weighted by atomic mass is 19.1. The first-order valence-corrected chi connectivity index (χ1v) is 8.24. The Kier molecular flexibility index (Phi) is 3.91. The van der Waals surface area contributed by atoms with Crippen molar-refractivity contribution < 1.29 is 13.6 Å². The van der Waals surface area contributed by atoms with Crippen LogP contribution in [0.1, 0.15) is 11.6 Å². The van der Waals surface area contributed by atoms with Crippen molar-refractivity contribution in [1.82, 2.24) is 19.6 Å². The van der Waals surface area contributed by atoms with E-state index in [-0.39, 0.29) is 12.1 Å². The molecule has 0 N–H and O–H groups in total. The van der Waals surface area contributed by atoms with E-state index in [1.165, 1.54) is 12.1 Å². The lowest BCUT2D eigenvalue weighted by molar-refractivity contribution is 0.0907. The van der Waals surface area contributed by atoms with E-state index in [2.05, 4.69) is 10.00 Å². The zero-order chi connectivity index (χ0) is 17.6. The van der Waals surface area contributed by atoms with Crippen molar-refractivity contribution in [2.45, 2.75) is 12.6 Å². The van der Waals surface area contributed by atoms with Crippen molar-refractivity contribution in [3.63, 3.8) is 0 Å². The molecule has 0 spiro atoms. The maximum Gasteiger partial charge on any atom is 0.324 e. The highest BCUT2D eigenvalue weighted by Gasteiger charge is 2.31. The summed E-state index contributed by atoms with van der Waals surface area (Å²) in [7, 11) is 1.78. The molecule has 2 fully saturated rings. The molecule has 4 rings (SSSR count). The Balaban J connectivity index is 1.36. The van der Waals surface area contributed by atoms with Crippen molar-refractivity contribution in [3.8, 4) is 0 Å². The second kappa shape index (κ2) is 6.11. The average molecular weight is 347 g/mol. The summed E-state index contributed by atoms with van der Waals surface area (Å²) >= 11 is 0. The van der Waals surface area contributed by atoms with Gasteiger partial charge < -0.3 is 4.90 Å². The first kappa shape index (κ1) is 16.0. The maximum absolute atomic E-state index is 13.2. The summed E-state index contributed by atoms with van der Waals surface area (Å²) in [5, 5.41) is 4.37. The molecule has 3 heterocycles. The Bertz CT molecular complexity index is 782. The van der Waals surface area contributed by atoms with Crippen LogP contribution in [0.4, 0.5) is 19.3 Å². The molecule has 2 amide bonds. The zero-order valence-electron chi connectivity index (χ0n) is 13.9. The predicted octanol–water partition coefficient (Wildman–Crippen LogP) is 2.09. The molecular weight excluding hydrogens is 328 g/mol. The molecule has 1 aromatic heterocycles. The molecule has 0 bridgehead atoms. The third-order valence-corrected chi connectivity index (χ3v) is 4.76. The lowest BCUT2D eigenvalue weighted by Gasteiger charge is -2.39. The molecule has 2 aliphatic rings. The van der Waals surface area contributed by atoms with Gasteiger partial charge in [-0.05, 0) is 17.7 Å². The normalized spacial score (nSPS) is 18.9. The minimum absolute atomic E-state index is 0.0112. The highest BCUT2D eigenvalue weighted by Crippen LogP contribution is 2.26. The summed E-state index contributed by atoms with van der Waals surface area (Å²) in [6.45, 7) is 3.41. The molecule has 6 nitrogen and oxygen atoms in total. The number of rotatable bonds is 4. The van der Waals surface area contributed by atoms with Crippen molar-refractivity contribution in [2.75, 3.05) is 38.1 Å². The molecule has 0 saturated carbocycles. The van der Waals surface area contributed by atoms with Crippen molar-refractivity contribution in [1.29, 1.82) is 0 Å². The largest absolute Gasteiger partial charge is 0.326 e. The van der Waals surface area contributed by atoms with Gasteiger partial charge in [0.25, 0.3) is 0 Å². The van der Waals surface area contributed by atoms with Crippen LogP contribution in [-0.4, -0.2) is 58.8 Å². The lowest BCUT2D eigenvalue weighted by Crippen LogP contribution is -2.47. The van der Waals surface area contributed by atoms with Gasteiger partial charge >= 0.3 is 6.03 Å². The average Bonchev–Trinajstić information content (AvgIpc) is 3.10. The van der Waals surface area contributed by atoms with Gasteiger partial charge in [-0.3, -0.25) is 14.5 Å². The molecule has 2 aliphatic heterocycles. The first-order valence-electron chi connectivity index (χ1n) is 8.24. The van der Waals surface area contributed by atoms with Crippen LogP contribution in [0.3, 0.4) is 0 Å². The third-order valence-electron chi connectivity index (χ3n) is 4.76. The number of hydrogen-bond acceptors (Lipinski definition) is 3. The molecule has 2 aromatic rings. The number of likely N-dealkylation sites (N-methyl/N-ethyl adjacent to an activating group) is 1. The van der Waals surface area contributed by atoms with Gasteiger partial charge in [0.1, 0.15) is 11.6 Å². The van der Waals surface area contributed by atoms with Gasteiger partial charge in [0.2, 0.25) is 0 Å². The SMILES string of the molecule is CN1CCN(c2cnn(C3CN(Cc4cc(F)cc(F)c4)C3)c2)C1=O. The second-order valence-corrected chi connectivity index (χ2v) is 6.66. The van der Waals surface area contributed by atoms with Gasteiger partial charge in [-0.1, -0.05) is 0 Å². The molecule has 25 heavy (non-hydrogen) atoms. The van der Waals surface area contributed by atoms with Crippen LogP contribution in [0.5, 0.6) is 0 Å². The number of carbonyl (C=O) groups excluding carboxylic acids is 1. The van der Waals surface area contributed by atoms with Gasteiger partial charge in [-0.2, -0.15) is 5.10 Å². The highest BCUT2D eigenvalue weighted by molar-refractivity contribution is 5.93. The van der Waals surface area contributed by atoms with E-state index in [1.54, 1.807) is 23.0 Å². The Labute approximate surface area is 144 Å². The number of urea groups is 1. The van der Waals surface area contributed by atoms with E-state index in [9.17, 15) is 13.6 Å². The van der Waals surface area contributed by atoms with Gasteiger partial charge in [-0.15, -0.1) is 0 Å². The van der Waals surface area contributed by atoms with Crippen LogP contribution in [0.2, 0.25) is 0 Å². The number of amides is 2. The number of halogens is 2. The topological polar surface area (TPSA) is 44.6 Å². The van der Waals surface area contributed by atoms with E-state index in [1.807, 2.05) is 10.9 Å². The molecule has 0 atom stereocenters. The predicted molar refractivity (Wildman–Crippen MR) is 88.3 cm³/mol. The standard InChI is InChI=1S/C17H19F2N5O/c1-21-2-3-23(17(21)25)15-7-20-24(11-15)16-9-22(10-16)8-12-4-13(18)6-14(19)5-12/h4-7,11,16H,2-3,8-10H2,1H3. The van der Waals surface area contributed by atoms with Crippen molar-refractivity contribution >= 4 is 11.7 Å². The molecular formula is C17H19F2N5O. The third kappa shape index (κ3) is 3.09. The number of benzene rings is 1. The number of likely N-dealkylation sites (tertiary alicyclic amines) is 1. The number of nitrogens with zero attached hydrogens (tertiary/aromatic N) is 5. The van der Waals surface area contributed by atoms with Gasteiger partial charge in [-0.25, -0.2) is 13.6 Å². The molecule has 0 aliphatic carbocycles. The van der Waals surface area contributed by atoms with Gasteiger partial charge in [0.15, 0.2) is 0 Å². The van der Waals surface area contributed by atoms with E-state index in [0.717, 1.165) is 24.8 Å². The van der Waals surface area contributed by atoms with Crippen molar-refractivity contribution in [3.05, 3.63) is 47.8 Å². The fourth-order valence-corrected chi connectivity index (χ4v) is 3.35. The summed E-state index contributed by atoms with van der Waals surface area (Å²) in [6.07, 6.45) is 3.60. The van der Waals surface area contributed by atoms with E-state index >= 15 is 0 Å². The Hall–Kier alpha value is -2.48. The van der Waals surface area contributed by atoms with Gasteiger partial charge in [0, 0.05) is 52.0 Å². The van der Waals surface area contributed by atoms with Gasteiger partial charge in [0.05, 0.1) is 17.9 Å². The minimum Gasteiger partial charge on any atom is -0.326 e. The molecule has 1 aromatic carbocycles. The fourth-order valence-electron chi connectivity index (χ4n) is 3.35. The molecule has 132 valence electrons. The lowest BCUT2D eigenvalue weighted by atomic mass is 10.1. The summed E-state index contributed by atoms with van der Waals surface area (Å²) < 4.78 is 28.4. The second-order valence-electron chi connectivity index (χ2n) is 6.66. The van der Waals surface area contributed by atoms with Crippen LogP contribution in [0.25, 0.3) is 0 Å². The zero-order valence-corrected chi connectivity index (χ0v) is 13.9. The molecule has 0 unspecified atom stereocenters. The maximum atomic E-state index is 13.2. The number of aromatic nitrogens is 2. The Morgan fingerprint density at radius 3 is 2.52 bits per heavy atom. The smallest absolute Gasteiger partial charge is 0.324 e. The number of hydrogen-bond donors (Lipinski definition) is 0. The summed E-state index contributed by atoms with van der Waals surface area (Å²) in [5.41, 5.74) is 1.43. The minimum atomic E-state index is -0.552. The van der Waals surface area contributed by atoms with E-state index < -0.39 is 11.6 Å². The van der Waals surface area contributed by atoms with Crippen LogP contribution in [0.15, 0.2) is 30.6 Å². The quantitative estimate of drug-likeness (QED) is 0.851. The van der Waals surface area contributed by atoms with Crippen LogP contribution >= 0.6 is 0 Å². The monoisotopic (exact) mass is 347 g/mol. The number of anilines is 1. The van der Waals surface area contributed by atoms with Crippen LogP contribution in [-0.2, 0) is 6.54 Å². The Morgan fingerprint density at radius 1 is 1.16 bits per heavy atom. The molecule has 8 heteroatoms. The Morgan fingerprint density at radius 2 is 1.88 bits per heavy atom. The van der Waals surface area contributed by atoms with E-state index in [4.69, 9.17) is 0 Å². The van der Waals surface area contributed by atoms with Crippen molar-refractivity contribution in [2.24, 2.45) is 0 Å². The van der Waals surface area contributed by atoms with Crippen LogP contribution < -0.4 is 4.90 Å². The summed E-state index contributed by atoms with van der Waals surface area (Å²) in [5.74, 6) is -1.10. The first-order chi connectivity index (χ1) is 12.0.